The van der Waals surface area contributed by atoms with E-state index in [1.54, 1.807) is 0 Å². The molecule has 0 bridgehead atoms. The maximum absolute atomic E-state index is 12.0. The van der Waals surface area contributed by atoms with Crippen molar-refractivity contribution in [3.8, 4) is 0 Å². The van der Waals surface area contributed by atoms with Crippen molar-refractivity contribution < 1.29 is 4.79 Å². The second kappa shape index (κ2) is 5.90. The van der Waals surface area contributed by atoms with Crippen molar-refractivity contribution in [2.24, 2.45) is 14.1 Å². The van der Waals surface area contributed by atoms with Crippen LogP contribution >= 0.6 is 0 Å². The van der Waals surface area contributed by atoms with Gasteiger partial charge in [-0.1, -0.05) is 13.3 Å². The van der Waals surface area contributed by atoms with E-state index in [0.29, 0.717) is 11.9 Å². The molecule has 0 aliphatic rings. The number of unbranched alkanes of at least 4 members (excludes halogenated alkanes) is 1. The van der Waals surface area contributed by atoms with E-state index in [-0.39, 0.29) is 17.2 Å². The van der Waals surface area contributed by atoms with Crippen LogP contribution in [0.4, 0.5) is 0 Å². The first-order chi connectivity index (χ1) is 9.97. The number of aryl methyl sites for hydroxylation is 1. The fourth-order valence-corrected chi connectivity index (χ4v) is 2.05. The van der Waals surface area contributed by atoms with Gasteiger partial charge in [-0.15, -0.1) is 0 Å². The summed E-state index contributed by atoms with van der Waals surface area (Å²) in [5.41, 5.74) is -0.477. The molecule has 2 aromatic heterocycles. The van der Waals surface area contributed by atoms with E-state index >= 15 is 0 Å². The smallest absolute Gasteiger partial charge is 0.332 e. The molecule has 0 radical (unpaired) electrons. The third-order valence-electron chi connectivity index (χ3n) is 3.35. The monoisotopic (exact) mass is 290 g/mol. The van der Waals surface area contributed by atoms with Gasteiger partial charge < -0.3 is 5.32 Å². The fourth-order valence-electron chi connectivity index (χ4n) is 2.05. The molecule has 2 rings (SSSR count). The summed E-state index contributed by atoms with van der Waals surface area (Å²) in [6, 6.07) is 3.02. The molecule has 0 spiro atoms. The van der Waals surface area contributed by atoms with Crippen LogP contribution in [0.15, 0.2) is 21.7 Å². The van der Waals surface area contributed by atoms with Gasteiger partial charge >= 0.3 is 5.69 Å². The molecule has 0 unspecified atom stereocenters. The lowest BCUT2D eigenvalue weighted by Gasteiger charge is -2.08. The predicted molar refractivity (Wildman–Crippen MR) is 79.5 cm³/mol. The van der Waals surface area contributed by atoms with Gasteiger partial charge in [-0.25, -0.2) is 9.78 Å². The summed E-state index contributed by atoms with van der Waals surface area (Å²) in [4.78, 5) is 40.0. The summed E-state index contributed by atoms with van der Waals surface area (Å²) >= 11 is 0. The molecule has 0 saturated carbocycles. The predicted octanol–water partition coefficient (Wildman–Crippen LogP) is 0.162. The molecule has 21 heavy (non-hydrogen) atoms. The third-order valence-corrected chi connectivity index (χ3v) is 3.35. The van der Waals surface area contributed by atoms with Crippen LogP contribution in [0.2, 0.25) is 0 Å². The van der Waals surface area contributed by atoms with Gasteiger partial charge in [0.05, 0.1) is 5.39 Å². The molecule has 0 atom stereocenters. The molecular formula is C14H18N4O3. The zero-order chi connectivity index (χ0) is 15.6. The highest BCUT2D eigenvalue weighted by Gasteiger charge is 2.13. The Hall–Kier alpha value is -2.44. The average molecular weight is 290 g/mol. The van der Waals surface area contributed by atoms with Crippen molar-refractivity contribution in [3.63, 3.8) is 0 Å². The molecular weight excluding hydrogens is 272 g/mol. The molecule has 1 N–H and O–H groups in total. The summed E-state index contributed by atoms with van der Waals surface area (Å²) in [6.45, 7) is 2.61. The lowest BCUT2D eigenvalue weighted by Crippen LogP contribution is -2.37. The number of nitrogens with one attached hydrogen (secondary N) is 1. The maximum Gasteiger partial charge on any atom is 0.332 e. The van der Waals surface area contributed by atoms with E-state index < -0.39 is 11.2 Å². The van der Waals surface area contributed by atoms with E-state index in [4.69, 9.17) is 0 Å². The van der Waals surface area contributed by atoms with Gasteiger partial charge in [-0.2, -0.15) is 0 Å². The molecule has 0 aliphatic heterocycles. The summed E-state index contributed by atoms with van der Waals surface area (Å²) in [6.07, 6.45) is 1.87. The molecule has 7 nitrogen and oxygen atoms in total. The highest BCUT2D eigenvalue weighted by atomic mass is 16.2. The second-order valence-corrected chi connectivity index (χ2v) is 4.88. The maximum atomic E-state index is 12.0. The third kappa shape index (κ3) is 2.72. The molecule has 0 aromatic carbocycles. The van der Waals surface area contributed by atoms with Crippen LogP contribution in [0, 0.1) is 0 Å². The number of nitrogens with zero attached hydrogens (tertiary/aromatic N) is 3. The Labute approximate surface area is 121 Å². The highest BCUT2D eigenvalue weighted by Crippen LogP contribution is 2.06. The lowest BCUT2D eigenvalue weighted by atomic mass is 10.2. The van der Waals surface area contributed by atoms with Crippen molar-refractivity contribution in [2.75, 3.05) is 6.54 Å². The Balaban J connectivity index is 2.50. The van der Waals surface area contributed by atoms with Gasteiger partial charge in [0.1, 0.15) is 11.3 Å². The average Bonchev–Trinajstić information content (AvgIpc) is 2.50. The number of amides is 1. The van der Waals surface area contributed by atoms with E-state index in [1.165, 1.54) is 30.8 Å². The van der Waals surface area contributed by atoms with Crippen LogP contribution in [-0.4, -0.2) is 26.6 Å². The first-order valence-corrected chi connectivity index (χ1v) is 6.82. The quantitative estimate of drug-likeness (QED) is 0.813. The Bertz CT molecular complexity index is 804. The number of hydrogen-bond acceptors (Lipinski definition) is 4. The summed E-state index contributed by atoms with van der Waals surface area (Å²) in [5, 5.41) is 3.06. The van der Waals surface area contributed by atoms with Crippen LogP contribution in [0.25, 0.3) is 11.0 Å². The molecule has 1 amide bonds. The van der Waals surface area contributed by atoms with Gasteiger partial charge in [0, 0.05) is 20.6 Å². The fraction of sp³-hybridized carbons (Fsp3) is 0.429. The van der Waals surface area contributed by atoms with Crippen molar-refractivity contribution in [3.05, 3.63) is 38.7 Å². The van der Waals surface area contributed by atoms with E-state index in [2.05, 4.69) is 10.3 Å². The molecule has 112 valence electrons. The van der Waals surface area contributed by atoms with Gasteiger partial charge in [-0.3, -0.25) is 18.7 Å². The van der Waals surface area contributed by atoms with Crippen molar-refractivity contribution in [1.82, 2.24) is 19.4 Å². The van der Waals surface area contributed by atoms with Gasteiger partial charge in [0.25, 0.3) is 11.5 Å². The number of carbonyl (C=O) groups excluding carboxylic acids is 1. The molecule has 2 aromatic rings. The standard InChI is InChI=1S/C14H18N4O3/c1-4-5-8-15-12(19)10-7-6-9-11(16-10)17(2)14(21)18(3)13(9)20/h6-7H,4-5,8H2,1-3H3,(H,15,19). The van der Waals surface area contributed by atoms with Crippen molar-refractivity contribution in [2.45, 2.75) is 19.8 Å². The Kier molecular flexibility index (Phi) is 4.21. The highest BCUT2D eigenvalue weighted by molar-refractivity contribution is 5.94. The largest absolute Gasteiger partial charge is 0.351 e. The minimum atomic E-state index is -0.469. The van der Waals surface area contributed by atoms with Crippen LogP contribution in [-0.2, 0) is 14.1 Å². The summed E-state index contributed by atoms with van der Waals surface area (Å²) < 4.78 is 2.28. The number of fused-ring (bicyclic) bond motifs is 1. The lowest BCUT2D eigenvalue weighted by molar-refractivity contribution is 0.0948. The normalized spacial score (nSPS) is 10.8. The molecule has 0 aliphatic carbocycles. The summed E-state index contributed by atoms with van der Waals surface area (Å²) in [7, 11) is 2.94. The van der Waals surface area contributed by atoms with Crippen LogP contribution in [0.3, 0.4) is 0 Å². The van der Waals surface area contributed by atoms with Crippen LogP contribution < -0.4 is 16.6 Å². The van der Waals surface area contributed by atoms with Gasteiger partial charge in [-0.05, 0) is 18.6 Å². The number of aromatic nitrogens is 3. The number of rotatable bonds is 4. The minimum absolute atomic E-state index is 0.196. The molecule has 0 fully saturated rings. The number of pyridine rings is 1. The topological polar surface area (TPSA) is 86.0 Å². The molecule has 2 heterocycles. The number of carbonyl (C=O) groups is 1. The molecule has 7 heteroatoms. The van der Waals surface area contributed by atoms with Crippen LogP contribution in [0.5, 0.6) is 0 Å². The minimum Gasteiger partial charge on any atom is -0.351 e. The zero-order valence-electron chi connectivity index (χ0n) is 12.3. The SMILES string of the molecule is CCCCNC(=O)c1ccc2c(=O)n(C)c(=O)n(C)c2n1. The Morgan fingerprint density at radius 2 is 1.95 bits per heavy atom. The first-order valence-electron chi connectivity index (χ1n) is 6.82. The Morgan fingerprint density at radius 1 is 1.24 bits per heavy atom. The van der Waals surface area contributed by atoms with E-state index in [9.17, 15) is 14.4 Å². The van der Waals surface area contributed by atoms with Crippen molar-refractivity contribution in [1.29, 1.82) is 0 Å². The summed E-state index contributed by atoms with van der Waals surface area (Å²) in [5.74, 6) is -0.307. The number of hydrogen-bond donors (Lipinski definition) is 1. The van der Waals surface area contributed by atoms with E-state index in [0.717, 1.165) is 17.4 Å². The van der Waals surface area contributed by atoms with Gasteiger partial charge in [0.15, 0.2) is 0 Å². The zero-order valence-corrected chi connectivity index (χ0v) is 12.3. The first kappa shape index (κ1) is 15.0. The second-order valence-electron chi connectivity index (χ2n) is 4.88. The molecule has 0 saturated heterocycles. The van der Waals surface area contributed by atoms with Crippen LogP contribution in [0.1, 0.15) is 30.3 Å². The van der Waals surface area contributed by atoms with Crippen molar-refractivity contribution >= 4 is 16.9 Å². The van der Waals surface area contributed by atoms with Gasteiger partial charge in [0.2, 0.25) is 0 Å². The van der Waals surface area contributed by atoms with E-state index in [1.807, 2.05) is 6.92 Å². The Morgan fingerprint density at radius 3 is 2.62 bits per heavy atom.